The maximum Gasteiger partial charge on any atom is 0.266 e. The zero-order valence-corrected chi connectivity index (χ0v) is 16.4. The Morgan fingerprint density at radius 1 is 1.13 bits per heavy atom. The Morgan fingerprint density at radius 2 is 1.83 bits per heavy atom. The number of nitrogens with zero attached hydrogens (tertiary/aromatic N) is 2. The van der Waals surface area contributed by atoms with Gasteiger partial charge in [0.25, 0.3) is 11.5 Å². The minimum atomic E-state index is -0.905. The number of halogens is 3. The van der Waals surface area contributed by atoms with Gasteiger partial charge in [-0.1, -0.05) is 18.2 Å². The summed E-state index contributed by atoms with van der Waals surface area (Å²) in [5.41, 5.74) is -0.0144. The molecule has 0 aliphatic carbocycles. The molecule has 0 radical (unpaired) electrons. The molecule has 1 amide bonds. The number of para-hydroxylation sites is 1. The Kier molecular flexibility index (Phi) is 5.13. The molecule has 2 aromatic heterocycles. The van der Waals surface area contributed by atoms with E-state index in [1.165, 1.54) is 29.1 Å². The van der Waals surface area contributed by atoms with Crippen molar-refractivity contribution >= 4 is 33.1 Å². The quantitative estimate of drug-likeness (QED) is 0.520. The molecule has 0 aliphatic rings. The summed E-state index contributed by atoms with van der Waals surface area (Å²) in [7, 11) is 0. The predicted octanol–water partition coefficient (Wildman–Crippen LogP) is 4.48. The Hall–Kier alpha value is -3.46. The van der Waals surface area contributed by atoms with E-state index >= 15 is 0 Å². The molecule has 4 rings (SSSR count). The lowest BCUT2D eigenvalue weighted by atomic mass is 10.2. The maximum atomic E-state index is 13.8. The zero-order chi connectivity index (χ0) is 21.4. The summed E-state index contributed by atoms with van der Waals surface area (Å²) in [5, 5.41) is 2.45. The van der Waals surface area contributed by atoms with Crippen molar-refractivity contribution in [3.63, 3.8) is 0 Å². The van der Waals surface area contributed by atoms with Crippen LogP contribution in [0.15, 0.2) is 53.6 Å². The highest BCUT2D eigenvalue weighted by atomic mass is 32.1. The van der Waals surface area contributed by atoms with Crippen molar-refractivity contribution in [1.82, 2.24) is 9.55 Å². The maximum absolute atomic E-state index is 13.8. The summed E-state index contributed by atoms with van der Waals surface area (Å²) in [5.74, 6) is -2.97. The second kappa shape index (κ2) is 7.75. The van der Waals surface area contributed by atoms with Gasteiger partial charge in [0.2, 0.25) is 0 Å². The standard InChI is InChI=1S/C21H14F3N3O2S/c1-11-16-20(25-10-27(21(16)29)9-12-4-2-5-13(22)8-12)30-18(11)19(28)26-17-14(23)6-3-7-15(17)24/h2-8,10H,9H2,1H3,(H,26,28). The molecule has 152 valence electrons. The molecule has 9 heteroatoms. The summed E-state index contributed by atoms with van der Waals surface area (Å²) in [4.78, 5) is 30.2. The van der Waals surface area contributed by atoms with Gasteiger partial charge in [-0.15, -0.1) is 11.3 Å². The third kappa shape index (κ3) is 3.59. The summed E-state index contributed by atoms with van der Waals surface area (Å²) in [6, 6.07) is 9.10. The molecule has 0 atom stereocenters. The first-order valence-corrected chi connectivity index (χ1v) is 9.65. The molecular formula is C21H14F3N3O2S. The number of benzene rings is 2. The van der Waals surface area contributed by atoms with Crippen LogP contribution in [-0.4, -0.2) is 15.5 Å². The van der Waals surface area contributed by atoms with Crippen LogP contribution in [0.25, 0.3) is 10.2 Å². The second-order valence-electron chi connectivity index (χ2n) is 6.59. The van der Waals surface area contributed by atoms with Crippen LogP contribution >= 0.6 is 11.3 Å². The van der Waals surface area contributed by atoms with Crippen LogP contribution in [0.2, 0.25) is 0 Å². The number of hydrogen-bond acceptors (Lipinski definition) is 4. The fraction of sp³-hybridized carbons (Fsp3) is 0.0952. The zero-order valence-electron chi connectivity index (χ0n) is 15.6. The van der Waals surface area contributed by atoms with Crippen molar-refractivity contribution in [2.75, 3.05) is 5.32 Å². The van der Waals surface area contributed by atoms with E-state index < -0.39 is 34.6 Å². The van der Waals surface area contributed by atoms with E-state index in [9.17, 15) is 22.8 Å². The van der Waals surface area contributed by atoms with Crippen LogP contribution < -0.4 is 10.9 Å². The van der Waals surface area contributed by atoms with E-state index in [2.05, 4.69) is 10.3 Å². The Morgan fingerprint density at radius 3 is 2.53 bits per heavy atom. The average molecular weight is 429 g/mol. The molecule has 0 bridgehead atoms. The van der Waals surface area contributed by atoms with Gasteiger partial charge in [0.1, 0.15) is 28.0 Å². The molecule has 0 saturated carbocycles. The molecule has 0 fully saturated rings. The second-order valence-corrected chi connectivity index (χ2v) is 7.59. The predicted molar refractivity (Wildman–Crippen MR) is 108 cm³/mol. The van der Waals surface area contributed by atoms with Crippen molar-refractivity contribution in [3.05, 3.63) is 92.6 Å². The number of anilines is 1. The molecule has 2 heterocycles. The first kappa shape index (κ1) is 19.8. The van der Waals surface area contributed by atoms with Gasteiger partial charge in [-0.3, -0.25) is 14.2 Å². The van der Waals surface area contributed by atoms with E-state index in [1.54, 1.807) is 19.1 Å². The van der Waals surface area contributed by atoms with Gasteiger partial charge in [-0.2, -0.15) is 0 Å². The molecule has 1 N–H and O–H groups in total. The van der Waals surface area contributed by atoms with Crippen molar-refractivity contribution in [1.29, 1.82) is 0 Å². The third-order valence-electron chi connectivity index (χ3n) is 4.57. The molecule has 0 aliphatic heterocycles. The van der Waals surface area contributed by atoms with E-state index in [1.807, 2.05) is 0 Å². The minimum absolute atomic E-state index is 0.108. The van der Waals surface area contributed by atoms with Gasteiger partial charge < -0.3 is 5.32 Å². The number of thiophene rings is 1. The number of aromatic nitrogens is 2. The van der Waals surface area contributed by atoms with Crippen molar-refractivity contribution in [2.45, 2.75) is 13.5 Å². The van der Waals surface area contributed by atoms with Crippen LogP contribution in [0, 0.1) is 24.4 Å². The van der Waals surface area contributed by atoms with E-state index in [0.29, 0.717) is 16.0 Å². The summed E-state index contributed by atoms with van der Waals surface area (Å²) < 4.78 is 42.4. The third-order valence-corrected chi connectivity index (χ3v) is 5.77. The molecule has 2 aromatic carbocycles. The highest BCUT2D eigenvalue weighted by molar-refractivity contribution is 7.20. The van der Waals surface area contributed by atoms with Gasteiger partial charge in [0, 0.05) is 0 Å². The molecule has 0 unspecified atom stereocenters. The molecular weight excluding hydrogens is 415 g/mol. The number of nitrogens with one attached hydrogen (secondary N) is 1. The largest absolute Gasteiger partial charge is 0.316 e. The number of carbonyl (C=O) groups is 1. The fourth-order valence-electron chi connectivity index (χ4n) is 3.11. The van der Waals surface area contributed by atoms with Crippen LogP contribution in [-0.2, 0) is 6.54 Å². The summed E-state index contributed by atoms with van der Waals surface area (Å²) >= 11 is 0.953. The molecule has 5 nitrogen and oxygen atoms in total. The van der Waals surface area contributed by atoms with Gasteiger partial charge >= 0.3 is 0 Å². The monoisotopic (exact) mass is 429 g/mol. The van der Waals surface area contributed by atoms with Crippen molar-refractivity contribution in [2.24, 2.45) is 0 Å². The number of amides is 1. The van der Waals surface area contributed by atoms with Crippen LogP contribution in [0.5, 0.6) is 0 Å². The average Bonchev–Trinajstić information content (AvgIpc) is 3.04. The smallest absolute Gasteiger partial charge is 0.266 e. The highest BCUT2D eigenvalue weighted by Crippen LogP contribution is 2.28. The van der Waals surface area contributed by atoms with Gasteiger partial charge in [-0.05, 0) is 42.3 Å². The van der Waals surface area contributed by atoms with Crippen LogP contribution in [0.1, 0.15) is 20.8 Å². The number of rotatable bonds is 4. The lowest BCUT2D eigenvalue weighted by molar-refractivity contribution is 0.102. The topological polar surface area (TPSA) is 64.0 Å². The fourth-order valence-corrected chi connectivity index (χ4v) is 4.14. The minimum Gasteiger partial charge on any atom is -0.316 e. The Balaban J connectivity index is 1.71. The van der Waals surface area contributed by atoms with Crippen LogP contribution in [0.4, 0.5) is 18.9 Å². The first-order valence-electron chi connectivity index (χ1n) is 8.83. The molecule has 4 aromatic rings. The Labute approximate surface area is 172 Å². The molecule has 0 spiro atoms. The Bertz CT molecular complexity index is 1330. The number of fused-ring (bicyclic) bond motifs is 1. The van der Waals surface area contributed by atoms with E-state index in [-0.39, 0.29) is 16.8 Å². The SMILES string of the molecule is Cc1c(C(=O)Nc2c(F)cccc2F)sc2ncn(Cc3cccc(F)c3)c(=O)c12. The normalized spacial score (nSPS) is 11.1. The first-order chi connectivity index (χ1) is 14.3. The molecule has 0 saturated heterocycles. The highest BCUT2D eigenvalue weighted by Gasteiger charge is 2.21. The van der Waals surface area contributed by atoms with Crippen molar-refractivity contribution < 1.29 is 18.0 Å². The van der Waals surface area contributed by atoms with Crippen molar-refractivity contribution in [3.8, 4) is 0 Å². The number of aryl methyl sites for hydroxylation is 1. The summed E-state index contributed by atoms with van der Waals surface area (Å²) in [6.45, 7) is 1.68. The molecule has 30 heavy (non-hydrogen) atoms. The lowest BCUT2D eigenvalue weighted by Gasteiger charge is -2.07. The van der Waals surface area contributed by atoms with Crippen LogP contribution in [0.3, 0.4) is 0 Å². The van der Waals surface area contributed by atoms with E-state index in [0.717, 1.165) is 23.5 Å². The van der Waals surface area contributed by atoms with Gasteiger partial charge in [0.05, 0.1) is 23.1 Å². The van der Waals surface area contributed by atoms with Gasteiger partial charge in [-0.25, -0.2) is 18.2 Å². The summed E-state index contributed by atoms with van der Waals surface area (Å²) in [6.07, 6.45) is 1.32. The van der Waals surface area contributed by atoms with Gasteiger partial charge in [0.15, 0.2) is 0 Å². The van der Waals surface area contributed by atoms with E-state index in [4.69, 9.17) is 0 Å². The number of carbonyl (C=O) groups excluding carboxylic acids is 1. The lowest BCUT2D eigenvalue weighted by Crippen LogP contribution is -2.21. The number of hydrogen-bond donors (Lipinski definition) is 1.